The fraction of sp³-hybridized carbons (Fsp3) is 0.368. The second-order valence-electron chi connectivity index (χ2n) is 6.51. The number of likely N-dealkylation sites (tertiary alicyclic amines) is 1. The molecule has 0 aliphatic carbocycles. The van der Waals surface area contributed by atoms with Crippen molar-refractivity contribution in [1.82, 2.24) is 10.2 Å². The summed E-state index contributed by atoms with van der Waals surface area (Å²) in [7, 11) is 0. The molecule has 3 heterocycles. The topological polar surface area (TPSA) is 62.6 Å². The van der Waals surface area contributed by atoms with Crippen LogP contribution in [0.2, 0.25) is 5.02 Å². The van der Waals surface area contributed by atoms with Crippen molar-refractivity contribution in [1.29, 1.82) is 0 Å². The minimum atomic E-state index is -0.454. The standard InChI is InChI=1S/C19H19ClN2O3S/c20-12-5-6-17-13(11-12)14(7-10-26-17)21-18(23)15-3-1-8-22(15)19(24)16-4-2-9-25-16/h2,4-6,9,11,14-15H,1,3,7-8,10H2,(H,21,23)/t14-,15+/m0/s1. The summed E-state index contributed by atoms with van der Waals surface area (Å²) in [6.07, 6.45) is 3.80. The molecular weight excluding hydrogens is 372 g/mol. The van der Waals surface area contributed by atoms with Crippen LogP contribution < -0.4 is 5.32 Å². The van der Waals surface area contributed by atoms with Crippen LogP contribution in [0.5, 0.6) is 0 Å². The first-order valence-electron chi connectivity index (χ1n) is 8.70. The molecule has 136 valence electrons. The van der Waals surface area contributed by atoms with Gasteiger partial charge in [-0.05, 0) is 55.2 Å². The van der Waals surface area contributed by atoms with E-state index in [1.807, 2.05) is 18.2 Å². The molecule has 2 aliphatic rings. The number of nitrogens with one attached hydrogen (secondary N) is 1. The van der Waals surface area contributed by atoms with E-state index in [9.17, 15) is 9.59 Å². The van der Waals surface area contributed by atoms with Gasteiger partial charge in [0.05, 0.1) is 12.3 Å². The highest BCUT2D eigenvalue weighted by atomic mass is 35.5. The van der Waals surface area contributed by atoms with Gasteiger partial charge in [-0.15, -0.1) is 11.8 Å². The lowest BCUT2D eigenvalue weighted by Gasteiger charge is -2.29. The van der Waals surface area contributed by atoms with Crippen molar-refractivity contribution in [3.8, 4) is 0 Å². The number of hydrogen-bond donors (Lipinski definition) is 1. The van der Waals surface area contributed by atoms with Gasteiger partial charge < -0.3 is 14.6 Å². The number of fused-ring (bicyclic) bond motifs is 1. The first-order chi connectivity index (χ1) is 12.6. The highest BCUT2D eigenvalue weighted by molar-refractivity contribution is 7.99. The van der Waals surface area contributed by atoms with Crippen LogP contribution in [-0.2, 0) is 4.79 Å². The van der Waals surface area contributed by atoms with Crippen molar-refractivity contribution in [2.45, 2.75) is 36.2 Å². The Kier molecular flexibility index (Phi) is 4.96. The van der Waals surface area contributed by atoms with Crippen LogP contribution in [0.1, 0.15) is 41.4 Å². The fourth-order valence-corrected chi connectivity index (χ4v) is 4.89. The molecule has 0 saturated carbocycles. The van der Waals surface area contributed by atoms with Gasteiger partial charge in [-0.1, -0.05) is 11.6 Å². The highest BCUT2D eigenvalue weighted by Crippen LogP contribution is 2.37. The molecule has 1 N–H and O–H groups in total. The summed E-state index contributed by atoms with van der Waals surface area (Å²) < 4.78 is 5.21. The van der Waals surface area contributed by atoms with Crippen LogP contribution in [0.15, 0.2) is 45.9 Å². The molecule has 2 aliphatic heterocycles. The van der Waals surface area contributed by atoms with Crippen molar-refractivity contribution in [2.24, 2.45) is 0 Å². The minimum Gasteiger partial charge on any atom is -0.459 e. The van der Waals surface area contributed by atoms with E-state index in [4.69, 9.17) is 16.0 Å². The van der Waals surface area contributed by atoms with Gasteiger partial charge in [0.15, 0.2) is 5.76 Å². The van der Waals surface area contributed by atoms with Gasteiger partial charge >= 0.3 is 0 Å². The zero-order valence-corrected chi connectivity index (χ0v) is 15.7. The smallest absolute Gasteiger partial charge is 0.290 e. The zero-order chi connectivity index (χ0) is 18.1. The number of rotatable bonds is 3. The number of nitrogens with zero attached hydrogens (tertiary/aromatic N) is 1. The molecule has 0 bridgehead atoms. The Hall–Kier alpha value is -1.92. The predicted molar refractivity (Wildman–Crippen MR) is 100 cm³/mol. The molecule has 0 unspecified atom stereocenters. The maximum absolute atomic E-state index is 12.9. The second-order valence-corrected chi connectivity index (χ2v) is 8.09. The molecule has 2 amide bonds. The van der Waals surface area contributed by atoms with E-state index in [0.717, 1.165) is 29.1 Å². The lowest BCUT2D eigenvalue weighted by molar-refractivity contribution is -0.125. The number of carbonyl (C=O) groups is 2. The average Bonchev–Trinajstić information content (AvgIpc) is 3.33. The van der Waals surface area contributed by atoms with E-state index in [1.54, 1.807) is 28.8 Å². The van der Waals surface area contributed by atoms with E-state index in [2.05, 4.69) is 5.32 Å². The molecule has 4 rings (SSSR count). The van der Waals surface area contributed by atoms with Gasteiger partial charge in [0.25, 0.3) is 5.91 Å². The van der Waals surface area contributed by atoms with E-state index in [1.165, 1.54) is 6.26 Å². The lowest BCUT2D eigenvalue weighted by atomic mass is 10.0. The van der Waals surface area contributed by atoms with E-state index >= 15 is 0 Å². The number of carbonyl (C=O) groups excluding carboxylic acids is 2. The summed E-state index contributed by atoms with van der Waals surface area (Å²) in [5.74, 6) is 0.885. The predicted octanol–water partition coefficient (Wildman–Crippen LogP) is 3.89. The molecule has 2 aromatic rings. The monoisotopic (exact) mass is 390 g/mol. The third-order valence-electron chi connectivity index (χ3n) is 4.88. The molecule has 1 saturated heterocycles. The minimum absolute atomic E-state index is 0.0707. The van der Waals surface area contributed by atoms with Crippen LogP contribution in [0, 0.1) is 0 Å². The van der Waals surface area contributed by atoms with Gasteiger partial charge in [0, 0.05) is 22.2 Å². The Labute approximate surface area is 161 Å². The summed E-state index contributed by atoms with van der Waals surface area (Å²) in [6.45, 7) is 0.570. The average molecular weight is 391 g/mol. The van der Waals surface area contributed by atoms with E-state index in [-0.39, 0.29) is 23.6 Å². The van der Waals surface area contributed by atoms with Gasteiger partial charge in [0.1, 0.15) is 6.04 Å². The summed E-state index contributed by atoms with van der Waals surface area (Å²) >= 11 is 7.92. The highest BCUT2D eigenvalue weighted by Gasteiger charge is 2.36. The van der Waals surface area contributed by atoms with E-state index in [0.29, 0.717) is 18.0 Å². The molecule has 0 radical (unpaired) electrons. The Morgan fingerprint density at radius 3 is 2.96 bits per heavy atom. The first-order valence-corrected chi connectivity index (χ1v) is 10.1. The van der Waals surface area contributed by atoms with Gasteiger partial charge in [-0.3, -0.25) is 9.59 Å². The summed E-state index contributed by atoms with van der Waals surface area (Å²) in [5, 5.41) is 3.81. The Morgan fingerprint density at radius 1 is 1.27 bits per heavy atom. The molecule has 1 fully saturated rings. The molecule has 5 nitrogen and oxygen atoms in total. The van der Waals surface area contributed by atoms with Gasteiger partial charge in [0.2, 0.25) is 5.91 Å². The van der Waals surface area contributed by atoms with Gasteiger partial charge in [-0.2, -0.15) is 0 Å². The van der Waals surface area contributed by atoms with Gasteiger partial charge in [-0.25, -0.2) is 0 Å². The number of furan rings is 1. The second kappa shape index (κ2) is 7.37. The van der Waals surface area contributed by atoms with Crippen molar-refractivity contribution in [2.75, 3.05) is 12.3 Å². The van der Waals surface area contributed by atoms with Crippen molar-refractivity contribution < 1.29 is 14.0 Å². The molecule has 7 heteroatoms. The molecule has 26 heavy (non-hydrogen) atoms. The molecule has 1 aromatic carbocycles. The van der Waals surface area contributed by atoms with Crippen molar-refractivity contribution in [3.63, 3.8) is 0 Å². The first kappa shape index (κ1) is 17.5. The summed E-state index contributed by atoms with van der Waals surface area (Å²) in [4.78, 5) is 28.3. The maximum Gasteiger partial charge on any atom is 0.290 e. The summed E-state index contributed by atoms with van der Waals surface area (Å²) in [5.41, 5.74) is 1.06. The third-order valence-corrected chi connectivity index (χ3v) is 6.23. The van der Waals surface area contributed by atoms with E-state index < -0.39 is 6.04 Å². The maximum atomic E-state index is 12.9. The normalized spacial score (nSPS) is 22.1. The number of halogens is 1. The SMILES string of the molecule is O=C(N[C@H]1CCSc2ccc(Cl)cc21)[C@H]1CCCN1C(=O)c1ccco1. The largest absolute Gasteiger partial charge is 0.459 e. The van der Waals surface area contributed by atoms with Crippen LogP contribution >= 0.6 is 23.4 Å². The molecular formula is C19H19ClN2O3S. The summed E-state index contributed by atoms with van der Waals surface area (Å²) in [6, 6.07) is 8.59. The molecule has 0 spiro atoms. The van der Waals surface area contributed by atoms with Crippen LogP contribution in [0.4, 0.5) is 0 Å². The number of benzene rings is 1. The Bertz CT molecular complexity index is 824. The number of hydrogen-bond acceptors (Lipinski definition) is 4. The Balaban J connectivity index is 1.50. The molecule has 2 atom stereocenters. The lowest BCUT2D eigenvalue weighted by Crippen LogP contribution is -2.47. The van der Waals surface area contributed by atoms with Crippen molar-refractivity contribution in [3.05, 3.63) is 52.9 Å². The van der Waals surface area contributed by atoms with Crippen LogP contribution in [0.3, 0.4) is 0 Å². The van der Waals surface area contributed by atoms with Crippen LogP contribution in [-0.4, -0.2) is 35.1 Å². The van der Waals surface area contributed by atoms with Crippen molar-refractivity contribution >= 4 is 35.2 Å². The number of amides is 2. The molecule has 1 aromatic heterocycles. The van der Waals surface area contributed by atoms with Crippen LogP contribution in [0.25, 0.3) is 0 Å². The third kappa shape index (κ3) is 3.35. The quantitative estimate of drug-likeness (QED) is 0.863. The fourth-order valence-electron chi connectivity index (χ4n) is 3.61. The Morgan fingerprint density at radius 2 is 2.15 bits per heavy atom. The zero-order valence-electron chi connectivity index (χ0n) is 14.1. The number of thioether (sulfide) groups is 1.